The Labute approximate surface area is 79.7 Å². The minimum absolute atomic E-state index is 0.0400. The van der Waals surface area contributed by atoms with Crippen LogP contribution in [0.4, 0.5) is 0 Å². The van der Waals surface area contributed by atoms with Crippen LogP contribution < -0.4 is 0 Å². The molecule has 2 aliphatic rings. The van der Waals surface area contributed by atoms with Crippen molar-refractivity contribution in [2.45, 2.75) is 38.5 Å². The molecule has 2 nitrogen and oxygen atoms in total. The zero-order valence-electron chi connectivity index (χ0n) is 8.13. The molecule has 0 bridgehead atoms. The average molecular weight is 182 g/mol. The highest BCUT2D eigenvalue weighted by atomic mass is 16.5. The SMILES string of the molecule is O=CC1(CC2CCOC2)CCCC1. The molecule has 2 rings (SSSR count). The number of hydrogen-bond donors (Lipinski definition) is 0. The number of aldehydes is 1. The van der Waals surface area contributed by atoms with Crippen LogP contribution in [0, 0.1) is 11.3 Å². The first-order chi connectivity index (χ1) is 6.35. The van der Waals surface area contributed by atoms with Gasteiger partial charge in [0.15, 0.2) is 0 Å². The smallest absolute Gasteiger partial charge is 0.126 e. The summed E-state index contributed by atoms with van der Waals surface area (Å²) in [5, 5.41) is 0. The minimum Gasteiger partial charge on any atom is -0.381 e. The Balaban J connectivity index is 1.92. The standard InChI is InChI=1S/C11H18O2/c12-9-11(4-1-2-5-11)7-10-3-6-13-8-10/h9-10H,1-8H2. The summed E-state index contributed by atoms with van der Waals surface area (Å²) in [6.07, 6.45) is 8.18. The van der Waals surface area contributed by atoms with E-state index in [0.29, 0.717) is 5.92 Å². The van der Waals surface area contributed by atoms with Crippen molar-refractivity contribution in [2.24, 2.45) is 11.3 Å². The summed E-state index contributed by atoms with van der Waals surface area (Å²) in [6, 6.07) is 0. The molecule has 1 unspecified atom stereocenters. The summed E-state index contributed by atoms with van der Waals surface area (Å²) in [7, 11) is 0. The molecule has 1 saturated carbocycles. The van der Waals surface area contributed by atoms with Crippen LogP contribution in [-0.2, 0) is 9.53 Å². The van der Waals surface area contributed by atoms with Crippen LogP contribution in [0.1, 0.15) is 38.5 Å². The Kier molecular flexibility index (Phi) is 2.68. The highest BCUT2D eigenvalue weighted by Gasteiger charge is 2.36. The maximum atomic E-state index is 11.1. The Hall–Kier alpha value is -0.370. The van der Waals surface area contributed by atoms with Crippen molar-refractivity contribution < 1.29 is 9.53 Å². The first-order valence-electron chi connectivity index (χ1n) is 5.39. The normalized spacial score (nSPS) is 32.2. The first kappa shape index (κ1) is 9.20. The van der Waals surface area contributed by atoms with E-state index in [2.05, 4.69) is 0 Å². The van der Waals surface area contributed by atoms with E-state index in [9.17, 15) is 4.79 Å². The lowest BCUT2D eigenvalue weighted by Gasteiger charge is -2.24. The molecule has 1 heterocycles. The monoisotopic (exact) mass is 182 g/mol. The van der Waals surface area contributed by atoms with Crippen molar-refractivity contribution >= 4 is 6.29 Å². The van der Waals surface area contributed by atoms with Crippen LogP contribution in [0.3, 0.4) is 0 Å². The number of hydrogen-bond acceptors (Lipinski definition) is 2. The molecular formula is C11H18O2. The quantitative estimate of drug-likeness (QED) is 0.625. The molecule has 0 radical (unpaired) electrons. The maximum Gasteiger partial charge on any atom is 0.126 e. The van der Waals surface area contributed by atoms with Crippen molar-refractivity contribution in [1.82, 2.24) is 0 Å². The second kappa shape index (κ2) is 3.79. The predicted molar refractivity (Wildman–Crippen MR) is 50.5 cm³/mol. The summed E-state index contributed by atoms with van der Waals surface area (Å²) in [5.74, 6) is 0.656. The van der Waals surface area contributed by atoms with Gasteiger partial charge in [-0.3, -0.25) is 0 Å². The van der Waals surface area contributed by atoms with E-state index in [1.165, 1.54) is 19.1 Å². The van der Waals surface area contributed by atoms with Gasteiger partial charge < -0.3 is 9.53 Å². The fraction of sp³-hybridized carbons (Fsp3) is 0.909. The predicted octanol–water partition coefficient (Wildman–Crippen LogP) is 2.17. The molecule has 2 fully saturated rings. The molecule has 1 atom stereocenters. The van der Waals surface area contributed by atoms with Crippen molar-refractivity contribution in [3.8, 4) is 0 Å². The molecule has 1 saturated heterocycles. The molecule has 0 amide bonds. The van der Waals surface area contributed by atoms with Crippen molar-refractivity contribution in [3.05, 3.63) is 0 Å². The fourth-order valence-corrected chi connectivity index (χ4v) is 2.77. The van der Waals surface area contributed by atoms with Crippen LogP contribution in [0.15, 0.2) is 0 Å². The largest absolute Gasteiger partial charge is 0.381 e. The van der Waals surface area contributed by atoms with Gasteiger partial charge >= 0.3 is 0 Å². The highest BCUT2D eigenvalue weighted by molar-refractivity contribution is 5.59. The van der Waals surface area contributed by atoms with Gasteiger partial charge in [-0.05, 0) is 31.6 Å². The van der Waals surface area contributed by atoms with Crippen LogP contribution in [0.2, 0.25) is 0 Å². The Morgan fingerprint density at radius 3 is 2.69 bits per heavy atom. The van der Waals surface area contributed by atoms with Crippen LogP contribution >= 0.6 is 0 Å². The molecule has 2 heteroatoms. The molecule has 0 aromatic carbocycles. The molecule has 0 aromatic rings. The first-order valence-corrected chi connectivity index (χ1v) is 5.39. The number of carbonyl (C=O) groups excluding carboxylic acids is 1. The van der Waals surface area contributed by atoms with E-state index in [1.54, 1.807) is 0 Å². The lowest BCUT2D eigenvalue weighted by molar-refractivity contribution is -0.116. The van der Waals surface area contributed by atoms with E-state index >= 15 is 0 Å². The van der Waals surface area contributed by atoms with Gasteiger partial charge in [0.1, 0.15) is 6.29 Å². The van der Waals surface area contributed by atoms with Gasteiger partial charge in [0.25, 0.3) is 0 Å². The minimum atomic E-state index is 0.0400. The zero-order chi connectivity index (χ0) is 9.15. The summed E-state index contributed by atoms with van der Waals surface area (Å²) >= 11 is 0. The molecule has 0 N–H and O–H groups in total. The van der Waals surface area contributed by atoms with Crippen molar-refractivity contribution in [3.63, 3.8) is 0 Å². The molecule has 0 aromatic heterocycles. The fourth-order valence-electron chi connectivity index (χ4n) is 2.77. The van der Waals surface area contributed by atoms with E-state index in [0.717, 1.165) is 38.9 Å². The van der Waals surface area contributed by atoms with Gasteiger partial charge in [0.2, 0.25) is 0 Å². The van der Waals surface area contributed by atoms with Gasteiger partial charge in [-0.25, -0.2) is 0 Å². The Bertz CT molecular complexity index is 177. The summed E-state index contributed by atoms with van der Waals surface area (Å²) in [6.45, 7) is 1.79. The van der Waals surface area contributed by atoms with E-state index < -0.39 is 0 Å². The highest BCUT2D eigenvalue weighted by Crippen LogP contribution is 2.42. The molecular weight excluding hydrogens is 164 g/mol. The van der Waals surface area contributed by atoms with Gasteiger partial charge in [0.05, 0.1) is 0 Å². The van der Waals surface area contributed by atoms with Crippen molar-refractivity contribution in [2.75, 3.05) is 13.2 Å². The van der Waals surface area contributed by atoms with Crippen LogP contribution in [0.25, 0.3) is 0 Å². The summed E-state index contributed by atoms with van der Waals surface area (Å²) in [5.41, 5.74) is 0.0400. The number of carbonyl (C=O) groups is 1. The van der Waals surface area contributed by atoms with Crippen molar-refractivity contribution in [1.29, 1.82) is 0 Å². The molecule has 0 spiro atoms. The number of rotatable bonds is 3. The van der Waals surface area contributed by atoms with Gasteiger partial charge in [-0.1, -0.05) is 12.8 Å². The zero-order valence-corrected chi connectivity index (χ0v) is 8.13. The van der Waals surface area contributed by atoms with E-state index in [4.69, 9.17) is 4.74 Å². The number of ether oxygens (including phenoxy) is 1. The summed E-state index contributed by atoms with van der Waals surface area (Å²) < 4.78 is 5.34. The maximum absolute atomic E-state index is 11.1. The van der Waals surface area contributed by atoms with Crippen LogP contribution in [-0.4, -0.2) is 19.5 Å². The second-order valence-electron chi connectivity index (χ2n) is 4.62. The third-order valence-electron chi connectivity index (χ3n) is 3.57. The average Bonchev–Trinajstić information content (AvgIpc) is 2.77. The lowest BCUT2D eigenvalue weighted by Crippen LogP contribution is -2.22. The van der Waals surface area contributed by atoms with Gasteiger partial charge in [0, 0.05) is 18.6 Å². The molecule has 74 valence electrons. The summed E-state index contributed by atoms with van der Waals surface area (Å²) in [4.78, 5) is 11.1. The Morgan fingerprint density at radius 1 is 1.38 bits per heavy atom. The lowest BCUT2D eigenvalue weighted by atomic mass is 9.79. The molecule has 13 heavy (non-hydrogen) atoms. The second-order valence-corrected chi connectivity index (χ2v) is 4.62. The van der Waals surface area contributed by atoms with E-state index in [1.807, 2.05) is 0 Å². The third-order valence-corrected chi connectivity index (χ3v) is 3.57. The van der Waals surface area contributed by atoms with Gasteiger partial charge in [-0.2, -0.15) is 0 Å². The van der Waals surface area contributed by atoms with E-state index in [-0.39, 0.29) is 5.41 Å². The molecule has 1 aliphatic heterocycles. The Morgan fingerprint density at radius 2 is 2.15 bits per heavy atom. The topological polar surface area (TPSA) is 26.3 Å². The van der Waals surface area contributed by atoms with Crippen LogP contribution in [0.5, 0.6) is 0 Å². The third kappa shape index (κ3) is 1.93. The van der Waals surface area contributed by atoms with Gasteiger partial charge in [-0.15, -0.1) is 0 Å². The molecule has 1 aliphatic carbocycles.